The van der Waals surface area contributed by atoms with Crippen LogP contribution in [-0.4, -0.2) is 18.4 Å². The molecule has 0 spiro atoms. The second kappa shape index (κ2) is 4.04. The van der Waals surface area contributed by atoms with Crippen LogP contribution in [0.1, 0.15) is 19.8 Å². The first-order valence-electron chi connectivity index (χ1n) is 4.30. The van der Waals surface area contributed by atoms with E-state index in [9.17, 15) is 9.59 Å². The molecular weight excluding hydrogens is 170 g/mol. The predicted octanol–water partition coefficient (Wildman–Crippen LogP) is 0.668. The third-order valence-corrected chi connectivity index (χ3v) is 1.92. The number of ketones is 1. The zero-order valence-corrected chi connectivity index (χ0v) is 7.45. The standard InChI is InChI=1S/C9H11NO3/c1-2-13-9(12)7(5-10)8(11)6-3-4-6/h6-7H,2-4H2,1H3/t7-/m1/s1. The molecule has 0 aromatic rings. The smallest absolute Gasteiger partial charge is 0.331 e. The number of carbonyl (C=O) groups is 2. The fraction of sp³-hybridized carbons (Fsp3) is 0.667. The number of carbonyl (C=O) groups excluding carboxylic acids is 2. The second-order valence-electron chi connectivity index (χ2n) is 2.99. The molecule has 0 amide bonds. The van der Waals surface area contributed by atoms with Crippen molar-refractivity contribution in [2.24, 2.45) is 11.8 Å². The Hall–Kier alpha value is -1.37. The van der Waals surface area contributed by atoms with Crippen LogP contribution in [0.2, 0.25) is 0 Å². The maximum atomic E-state index is 11.3. The average Bonchev–Trinajstić information content (AvgIpc) is 2.88. The van der Waals surface area contributed by atoms with E-state index in [1.54, 1.807) is 13.0 Å². The number of nitrogens with zero attached hydrogens (tertiary/aromatic N) is 1. The highest BCUT2D eigenvalue weighted by molar-refractivity contribution is 6.03. The summed E-state index contributed by atoms with van der Waals surface area (Å²) in [5.74, 6) is -2.26. The SMILES string of the molecule is CCOC(=O)[C@H](C#N)C(=O)C1CC1. The molecule has 0 saturated heterocycles. The highest BCUT2D eigenvalue weighted by atomic mass is 16.5. The fourth-order valence-corrected chi connectivity index (χ4v) is 1.06. The van der Waals surface area contributed by atoms with Crippen LogP contribution in [0.5, 0.6) is 0 Å². The van der Waals surface area contributed by atoms with Gasteiger partial charge in [0, 0.05) is 5.92 Å². The van der Waals surface area contributed by atoms with E-state index < -0.39 is 11.9 Å². The first kappa shape index (κ1) is 9.72. The summed E-state index contributed by atoms with van der Waals surface area (Å²) < 4.78 is 4.61. The molecule has 0 bridgehead atoms. The largest absolute Gasteiger partial charge is 0.465 e. The number of ether oxygens (including phenoxy) is 1. The number of esters is 1. The first-order valence-corrected chi connectivity index (χ1v) is 4.30. The van der Waals surface area contributed by atoms with E-state index in [2.05, 4.69) is 4.74 Å². The number of hydrogen-bond acceptors (Lipinski definition) is 4. The maximum absolute atomic E-state index is 11.3. The van der Waals surface area contributed by atoms with Crippen LogP contribution in [0.3, 0.4) is 0 Å². The number of nitriles is 1. The monoisotopic (exact) mass is 181 g/mol. The van der Waals surface area contributed by atoms with Gasteiger partial charge in [0.05, 0.1) is 12.7 Å². The summed E-state index contributed by atoms with van der Waals surface area (Å²) >= 11 is 0. The quantitative estimate of drug-likeness (QED) is 0.472. The van der Waals surface area contributed by atoms with Gasteiger partial charge in [-0.05, 0) is 19.8 Å². The van der Waals surface area contributed by atoms with E-state index in [1.165, 1.54) is 0 Å². The maximum Gasteiger partial charge on any atom is 0.331 e. The lowest BCUT2D eigenvalue weighted by molar-refractivity contribution is -0.149. The van der Waals surface area contributed by atoms with E-state index in [1.807, 2.05) is 0 Å². The Morgan fingerprint density at radius 1 is 1.62 bits per heavy atom. The zero-order chi connectivity index (χ0) is 9.84. The van der Waals surface area contributed by atoms with Gasteiger partial charge in [0.15, 0.2) is 5.78 Å². The van der Waals surface area contributed by atoms with Crippen LogP contribution in [0.15, 0.2) is 0 Å². The van der Waals surface area contributed by atoms with E-state index in [0.29, 0.717) is 0 Å². The van der Waals surface area contributed by atoms with Gasteiger partial charge in [0.1, 0.15) is 0 Å². The van der Waals surface area contributed by atoms with Gasteiger partial charge in [-0.3, -0.25) is 9.59 Å². The molecule has 70 valence electrons. The Bertz CT molecular complexity index is 263. The Morgan fingerprint density at radius 3 is 2.62 bits per heavy atom. The molecule has 1 atom stereocenters. The van der Waals surface area contributed by atoms with Crippen LogP contribution in [0.25, 0.3) is 0 Å². The van der Waals surface area contributed by atoms with Crippen molar-refractivity contribution in [1.82, 2.24) is 0 Å². The molecule has 0 radical (unpaired) electrons. The lowest BCUT2D eigenvalue weighted by atomic mass is 10.0. The van der Waals surface area contributed by atoms with Gasteiger partial charge in [-0.25, -0.2) is 0 Å². The lowest BCUT2D eigenvalue weighted by Gasteiger charge is -2.05. The van der Waals surface area contributed by atoms with Crippen molar-refractivity contribution in [3.05, 3.63) is 0 Å². The van der Waals surface area contributed by atoms with Crippen molar-refractivity contribution in [1.29, 1.82) is 5.26 Å². The molecule has 0 aromatic heterocycles. The summed E-state index contributed by atoms with van der Waals surface area (Å²) in [4.78, 5) is 22.4. The van der Waals surface area contributed by atoms with Crippen molar-refractivity contribution >= 4 is 11.8 Å². The highest BCUT2D eigenvalue weighted by Gasteiger charge is 2.39. The first-order chi connectivity index (χ1) is 6.20. The van der Waals surface area contributed by atoms with Crippen molar-refractivity contribution in [2.75, 3.05) is 6.61 Å². The van der Waals surface area contributed by atoms with Crippen LogP contribution in [-0.2, 0) is 14.3 Å². The molecule has 0 N–H and O–H groups in total. The summed E-state index contributed by atoms with van der Waals surface area (Å²) in [6, 6.07) is 1.68. The van der Waals surface area contributed by atoms with Gasteiger partial charge in [-0.1, -0.05) is 0 Å². The molecule has 1 fully saturated rings. The molecular formula is C9H11NO3. The molecule has 1 aliphatic rings. The van der Waals surface area contributed by atoms with Crippen molar-refractivity contribution < 1.29 is 14.3 Å². The molecule has 1 saturated carbocycles. The Balaban J connectivity index is 2.56. The third kappa shape index (κ3) is 2.28. The molecule has 4 nitrogen and oxygen atoms in total. The summed E-state index contributed by atoms with van der Waals surface area (Å²) in [7, 11) is 0. The van der Waals surface area contributed by atoms with E-state index >= 15 is 0 Å². The minimum atomic E-state index is -1.20. The fourth-order valence-electron chi connectivity index (χ4n) is 1.06. The van der Waals surface area contributed by atoms with E-state index in [4.69, 9.17) is 5.26 Å². The van der Waals surface area contributed by atoms with Gasteiger partial charge in [-0.2, -0.15) is 5.26 Å². The molecule has 0 aromatic carbocycles. The Morgan fingerprint density at radius 2 is 2.23 bits per heavy atom. The molecule has 1 aliphatic carbocycles. The Kier molecular flexibility index (Phi) is 3.02. The third-order valence-electron chi connectivity index (χ3n) is 1.92. The number of rotatable bonds is 4. The van der Waals surface area contributed by atoms with Gasteiger partial charge in [-0.15, -0.1) is 0 Å². The summed E-state index contributed by atoms with van der Waals surface area (Å²) in [5, 5.41) is 8.60. The Labute approximate surface area is 76.5 Å². The van der Waals surface area contributed by atoms with Crippen LogP contribution in [0, 0.1) is 23.2 Å². The minimum Gasteiger partial charge on any atom is -0.465 e. The summed E-state index contributed by atoms with van der Waals surface area (Å²) in [5.41, 5.74) is 0. The second-order valence-corrected chi connectivity index (χ2v) is 2.99. The topological polar surface area (TPSA) is 67.2 Å². The molecule has 4 heteroatoms. The lowest BCUT2D eigenvalue weighted by Crippen LogP contribution is -2.25. The molecule has 13 heavy (non-hydrogen) atoms. The van der Waals surface area contributed by atoms with Gasteiger partial charge < -0.3 is 4.74 Å². The predicted molar refractivity (Wildman–Crippen MR) is 43.5 cm³/mol. The highest BCUT2D eigenvalue weighted by Crippen LogP contribution is 2.32. The molecule has 0 unspecified atom stereocenters. The average molecular weight is 181 g/mol. The van der Waals surface area contributed by atoms with Gasteiger partial charge >= 0.3 is 5.97 Å². The van der Waals surface area contributed by atoms with E-state index in [-0.39, 0.29) is 18.3 Å². The molecule has 1 rings (SSSR count). The number of Topliss-reactive ketones (excluding diaryl/α,β-unsaturated/α-hetero) is 1. The zero-order valence-electron chi connectivity index (χ0n) is 7.45. The van der Waals surface area contributed by atoms with Crippen LogP contribution < -0.4 is 0 Å². The van der Waals surface area contributed by atoms with Crippen molar-refractivity contribution in [3.8, 4) is 6.07 Å². The van der Waals surface area contributed by atoms with E-state index in [0.717, 1.165) is 12.8 Å². The van der Waals surface area contributed by atoms with Crippen molar-refractivity contribution in [2.45, 2.75) is 19.8 Å². The minimum absolute atomic E-state index is 0.0749. The van der Waals surface area contributed by atoms with Crippen LogP contribution >= 0.6 is 0 Å². The van der Waals surface area contributed by atoms with Gasteiger partial charge in [0.2, 0.25) is 5.92 Å². The molecule has 0 aliphatic heterocycles. The summed E-state index contributed by atoms with van der Waals surface area (Å²) in [6.45, 7) is 1.85. The summed E-state index contributed by atoms with van der Waals surface area (Å²) in [6.07, 6.45) is 1.60. The number of hydrogen-bond donors (Lipinski definition) is 0. The normalized spacial score (nSPS) is 17.2. The van der Waals surface area contributed by atoms with Gasteiger partial charge in [0.25, 0.3) is 0 Å². The van der Waals surface area contributed by atoms with Crippen molar-refractivity contribution in [3.63, 3.8) is 0 Å². The van der Waals surface area contributed by atoms with Crippen LogP contribution in [0.4, 0.5) is 0 Å². The molecule has 0 heterocycles.